The Kier molecular flexibility index (Phi) is 6.01. The Morgan fingerprint density at radius 1 is 0.931 bits per heavy atom. The smallest absolute Gasteiger partial charge is 0.270 e. The summed E-state index contributed by atoms with van der Waals surface area (Å²) in [5, 5.41) is 13.4. The summed E-state index contributed by atoms with van der Waals surface area (Å²) in [6, 6.07) is 20.1. The number of carbonyl (C=O) groups excluding carboxylic acids is 1. The van der Waals surface area contributed by atoms with Gasteiger partial charge in [0.1, 0.15) is 0 Å². The van der Waals surface area contributed by atoms with Crippen LogP contribution in [0.2, 0.25) is 0 Å². The average molecular weight is 411 g/mol. The van der Waals surface area contributed by atoms with Crippen molar-refractivity contribution >= 4 is 27.3 Å². The Hall–Kier alpha value is -3.56. The van der Waals surface area contributed by atoms with Gasteiger partial charge in [0.25, 0.3) is 11.6 Å². The molecule has 3 aromatic rings. The second-order valence-electron chi connectivity index (χ2n) is 6.10. The number of amides is 1. The zero-order valence-electron chi connectivity index (χ0n) is 15.1. The maximum atomic E-state index is 12.4. The summed E-state index contributed by atoms with van der Waals surface area (Å²) in [6.07, 6.45) is 0. The number of nitrogens with one attached hydrogen (secondary N) is 2. The zero-order chi connectivity index (χ0) is 20.9. The van der Waals surface area contributed by atoms with Gasteiger partial charge in [0.05, 0.1) is 9.82 Å². The van der Waals surface area contributed by atoms with Crippen molar-refractivity contribution < 1.29 is 18.1 Å². The molecule has 8 nitrogen and oxygen atoms in total. The van der Waals surface area contributed by atoms with Gasteiger partial charge in [-0.1, -0.05) is 36.4 Å². The van der Waals surface area contributed by atoms with Crippen LogP contribution in [-0.2, 0) is 16.6 Å². The topological polar surface area (TPSA) is 118 Å². The highest BCUT2D eigenvalue weighted by Gasteiger charge is 2.15. The van der Waals surface area contributed by atoms with E-state index in [1.54, 1.807) is 0 Å². The molecule has 0 heterocycles. The molecule has 0 radical (unpaired) electrons. The first-order valence-corrected chi connectivity index (χ1v) is 10.0. The number of anilines is 1. The molecule has 9 heteroatoms. The molecule has 0 saturated carbocycles. The molecule has 2 N–H and O–H groups in total. The molecule has 0 aliphatic carbocycles. The fourth-order valence-corrected chi connectivity index (χ4v) is 3.56. The molecule has 0 saturated heterocycles. The molecular formula is C20H17N3O5S. The highest BCUT2D eigenvalue weighted by atomic mass is 32.2. The molecule has 148 valence electrons. The molecule has 3 aromatic carbocycles. The average Bonchev–Trinajstić information content (AvgIpc) is 2.73. The third-order valence-corrected chi connectivity index (χ3v) is 5.47. The number of benzene rings is 3. The van der Waals surface area contributed by atoms with Crippen molar-refractivity contribution in [1.82, 2.24) is 4.72 Å². The van der Waals surface area contributed by atoms with Gasteiger partial charge < -0.3 is 5.32 Å². The standard InChI is InChI=1S/C20H17N3O5S/c24-20(16-7-4-8-18(13-16)23(25)26)22-17-9-11-19(12-10-17)29(27,28)21-14-15-5-2-1-3-6-15/h1-13,21H,14H2,(H,22,24). The van der Waals surface area contributed by atoms with Gasteiger partial charge in [-0.25, -0.2) is 13.1 Å². The highest BCUT2D eigenvalue weighted by molar-refractivity contribution is 7.89. The van der Waals surface area contributed by atoms with E-state index in [-0.39, 0.29) is 22.7 Å². The van der Waals surface area contributed by atoms with Crippen LogP contribution in [0.5, 0.6) is 0 Å². The molecule has 0 spiro atoms. The van der Waals surface area contributed by atoms with Crippen molar-refractivity contribution in [2.45, 2.75) is 11.4 Å². The van der Waals surface area contributed by atoms with Crippen molar-refractivity contribution in [3.8, 4) is 0 Å². The lowest BCUT2D eigenvalue weighted by Crippen LogP contribution is -2.23. The number of non-ortho nitro benzene ring substituents is 1. The van der Waals surface area contributed by atoms with Crippen LogP contribution in [0.15, 0.2) is 83.8 Å². The number of hydrogen-bond donors (Lipinski definition) is 2. The summed E-state index contributed by atoms with van der Waals surface area (Å²) in [5.41, 5.74) is 1.13. The van der Waals surface area contributed by atoms with Gasteiger partial charge in [0, 0.05) is 29.9 Å². The highest BCUT2D eigenvalue weighted by Crippen LogP contribution is 2.17. The number of hydrogen-bond acceptors (Lipinski definition) is 5. The summed E-state index contributed by atoms with van der Waals surface area (Å²) in [4.78, 5) is 22.6. The van der Waals surface area contributed by atoms with E-state index in [1.165, 1.54) is 48.5 Å². The van der Waals surface area contributed by atoms with Gasteiger partial charge in [0.15, 0.2) is 0 Å². The van der Waals surface area contributed by atoms with Gasteiger partial charge in [0.2, 0.25) is 10.0 Å². The number of nitrogens with zero attached hydrogens (tertiary/aromatic N) is 1. The van der Waals surface area contributed by atoms with Crippen LogP contribution in [0.1, 0.15) is 15.9 Å². The van der Waals surface area contributed by atoms with Crippen LogP contribution in [-0.4, -0.2) is 19.2 Å². The fraction of sp³-hybridized carbons (Fsp3) is 0.0500. The maximum absolute atomic E-state index is 12.4. The first-order chi connectivity index (χ1) is 13.8. The van der Waals surface area contributed by atoms with E-state index in [0.717, 1.165) is 5.56 Å². The summed E-state index contributed by atoms with van der Waals surface area (Å²) < 4.78 is 27.3. The Bertz CT molecular complexity index is 1130. The van der Waals surface area contributed by atoms with Crippen molar-refractivity contribution in [3.63, 3.8) is 0 Å². The molecule has 0 fully saturated rings. The summed E-state index contributed by atoms with van der Waals surface area (Å²) in [6.45, 7) is 0.161. The summed E-state index contributed by atoms with van der Waals surface area (Å²) in [5.74, 6) is -0.536. The normalized spacial score (nSPS) is 11.0. The molecule has 0 aromatic heterocycles. The lowest BCUT2D eigenvalue weighted by molar-refractivity contribution is -0.384. The third kappa shape index (κ3) is 5.24. The quantitative estimate of drug-likeness (QED) is 0.457. The Labute approximate surface area is 167 Å². The maximum Gasteiger partial charge on any atom is 0.270 e. The van der Waals surface area contributed by atoms with Crippen LogP contribution >= 0.6 is 0 Å². The molecular weight excluding hydrogens is 394 g/mol. The Morgan fingerprint density at radius 3 is 2.28 bits per heavy atom. The summed E-state index contributed by atoms with van der Waals surface area (Å²) in [7, 11) is -3.71. The van der Waals surface area contributed by atoms with Crippen molar-refractivity contribution in [2.75, 3.05) is 5.32 Å². The van der Waals surface area contributed by atoms with E-state index in [4.69, 9.17) is 0 Å². The largest absolute Gasteiger partial charge is 0.322 e. The second kappa shape index (κ2) is 8.63. The minimum Gasteiger partial charge on any atom is -0.322 e. The molecule has 0 bridgehead atoms. The predicted octanol–water partition coefficient (Wildman–Crippen LogP) is 3.33. The van der Waals surface area contributed by atoms with E-state index >= 15 is 0 Å². The van der Waals surface area contributed by atoms with Crippen LogP contribution in [0.25, 0.3) is 0 Å². The summed E-state index contributed by atoms with van der Waals surface area (Å²) >= 11 is 0. The lowest BCUT2D eigenvalue weighted by Gasteiger charge is -2.09. The van der Waals surface area contributed by atoms with Crippen molar-refractivity contribution in [3.05, 3.63) is 100 Å². The van der Waals surface area contributed by atoms with Gasteiger partial charge in [-0.15, -0.1) is 0 Å². The SMILES string of the molecule is O=C(Nc1ccc(S(=O)(=O)NCc2ccccc2)cc1)c1cccc([N+](=O)[O-])c1. The van der Waals surface area contributed by atoms with Crippen molar-refractivity contribution in [1.29, 1.82) is 0 Å². The first-order valence-electron chi connectivity index (χ1n) is 8.54. The Balaban J connectivity index is 1.67. The first kappa shape index (κ1) is 20.2. The minimum absolute atomic E-state index is 0.0572. The lowest BCUT2D eigenvalue weighted by atomic mass is 10.2. The van der Waals surface area contributed by atoms with E-state index in [0.29, 0.717) is 5.69 Å². The number of nitro groups is 1. The van der Waals surface area contributed by atoms with Gasteiger partial charge in [-0.05, 0) is 35.9 Å². The molecule has 0 unspecified atom stereocenters. The van der Waals surface area contributed by atoms with E-state index < -0.39 is 20.9 Å². The van der Waals surface area contributed by atoms with E-state index in [9.17, 15) is 23.3 Å². The van der Waals surface area contributed by atoms with Crippen LogP contribution < -0.4 is 10.0 Å². The van der Waals surface area contributed by atoms with Crippen LogP contribution in [0.4, 0.5) is 11.4 Å². The van der Waals surface area contributed by atoms with E-state index in [1.807, 2.05) is 30.3 Å². The van der Waals surface area contributed by atoms with E-state index in [2.05, 4.69) is 10.0 Å². The number of carbonyl (C=O) groups is 1. The molecule has 3 rings (SSSR count). The molecule has 0 aliphatic heterocycles. The molecule has 0 aliphatic rings. The third-order valence-electron chi connectivity index (χ3n) is 4.05. The predicted molar refractivity (Wildman–Crippen MR) is 108 cm³/mol. The molecule has 29 heavy (non-hydrogen) atoms. The van der Waals surface area contributed by atoms with Crippen LogP contribution in [0.3, 0.4) is 0 Å². The number of rotatable bonds is 7. The fourth-order valence-electron chi connectivity index (χ4n) is 2.54. The number of sulfonamides is 1. The second-order valence-corrected chi connectivity index (χ2v) is 7.86. The molecule has 1 amide bonds. The van der Waals surface area contributed by atoms with Gasteiger partial charge in [-0.3, -0.25) is 14.9 Å². The number of nitro benzene ring substituents is 1. The zero-order valence-corrected chi connectivity index (χ0v) is 15.9. The Morgan fingerprint density at radius 2 is 1.62 bits per heavy atom. The monoisotopic (exact) mass is 411 g/mol. The van der Waals surface area contributed by atoms with Crippen LogP contribution in [0, 0.1) is 10.1 Å². The molecule has 0 atom stereocenters. The van der Waals surface area contributed by atoms with Crippen molar-refractivity contribution in [2.24, 2.45) is 0 Å². The van der Waals surface area contributed by atoms with Gasteiger partial charge >= 0.3 is 0 Å². The minimum atomic E-state index is -3.71. The van der Waals surface area contributed by atoms with Gasteiger partial charge in [-0.2, -0.15) is 0 Å².